The average molecular weight is 400 g/mol. The van der Waals surface area contributed by atoms with Gasteiger partial charge in [-0.25, -0.2) is 0 Å². The van der Waals surface area contributed by atoms with Gasteiger partial charge in [-0.15, -0.1) is 0 Å². The number of nitrogens with one attached hydrogen (secondary N) is 2. The minimum absolute atomic E-state index is 0.360. The van der Waals surface area contributed by atoms with Gasteiger partial charge in [0.05, 0.1) is 0 Å². The fourth-order valence-corrected chi connectivity index (χ4v) is 3.70. The molecule has 1 aliphatic carbocycles. The summed E-state index contributed by atoms with van der Waals surface area (Å²) in [5.74, 6) is 1.83. The summed E-state index contributed by atoms with van der Waals surface area (Å²) in [7, 11) is 1.82. The van der Waals surface area contributed by atoms with Crippen LogP contribution < -0.4 is 10.6 Å². The van der Waals surface area contributed by atoms with Gasteiger partial charge < -0.3 is 19.8 Å². The van der Waals surface area contributed by atoms with E-state index in [1.807, 2.05) is 19.2 Å². The molecule has 0 aromatic carbocycles. The SMILES string of the molecule is CCOCCC1(CNC(=NC)NCCc2ccc(Br)o2)CCCC1. The van der Waals surface area contributed by atoms with Crippen molar-refractivity contribution in [1.29, 1.82) is 0 Å². The Balaban J connectivity index is 1.74. The Hall–Kier alpha value is -1.01. The highest BCUT2D eigenvalue weighted by molar-refractivity contribution is 9.10. The van der Waals surface area contributed by atoms with Crippen molar-refractivity contribution in [1.82, 2.24) is 10.6 Å². The van der Waals surface area contributed by atoms with Gasteiger partial charge in [0.1, 0.15) is 5.76 Å². The van der Waals surface area contributed by atoms with Gasteiger partial charge in [-0.3, -0.25) is 4.99 Å². The maximum Gasteiger partial charge on any atom is 0.191 e. The molecule has 1 heterocycles. The molecule has 6 heteroatoms. The Bertz CT molecular complexity index is 510. The van der Waals surface area contributed by atoms with Gasteiger partial charge in [-0.1, -0.05) is 12.8 Å². The van der Waals surface area contributed by atoms with E-state index in [1.54, 1.807) is 0 Å². The lowest BCUT2D eigenvalue weighted by Crippen LogP contribution is -2.43. The van der Waals surface area contributed by atoms with E-state index >= 15 is 0 Å². The third-order valence-corrected chi connectivity index (χ3v) is 5.22. The first-order chi connectivity index (χ1) is 11.7. The molecule has 0 spiro atoms. The highest BCUT2D eigenvalue weighted by atomic mass is 79.9. The van der Waals surface area contributed by atoms with Gasteiger partial charge in [-0.05, 0) is 59.7 Å². The van der Waals surface area contributed by atoms with Gasteiger partial charge in [0.25, 0.3) is 0 Å². The summed E-state index contributed by atoms with van der Waals surface area (Å²) in [6, 6.07) is 3.91. The molecule has 1 aromatic heterocycles. The summed E-state index contributed by atoms with van der Waals surface area (Å²) < 4.78 is 11.9. The molecule has 2 rings (SSSR count). The monoisotopic (exact) mass is 399 g/mol. The zero-order valence-electron chi connectivity index (χ0n) is 14.9. The molecular weight excluding hydrogens is 370 g/mol. The average Bonchev–Trinajstić information content (AvgIpc) is 3.21. The van der Waals surface area contributed by atoms with Gasteiger partial charge in [-0.2, -0.15) is 0 Å². The molecule has 2 N–H and O–H groups in total. The molecule has 0 saturated heterocycles. The van der Waals surface area contributed by atoms with E-state index in [0.717, 1.165) is 55.5 Å². The van der Waals surface area contributed by atoms with E-state index in [4.69, 9.17) is 9.15 Å². The summed E-state index contributed by atoms with van der Waals surface area (Å²) >= 11 is 3.33. The maximum absolute atomic E-state index is 5.58. The minimum Gasteiger partial charge on any atom is -0.454 e. The van der Waals surface area contributed by atoms with Crippen LogP contribution in [0.1, 0.15) is 44.8 Å². The molecule has 1 fully saturated rings. The van der Waals surface area contributed by atoms with E-state index in [9.17, 15) is 0 Å². The van der Waals surface area contributed by atoms with Crippen LogP contribution in [0.3, 0.4) is 0 Å². The van der Waals surface area contributed by atoms with Crippen LogP contribution in [0.25, 0.3) is 0 Å². The van der Waals surface area contributed by atoms with Gasteiger partial charge in [0.15, 0.2) is 10.6 Å². The zero-order valence-corrected chi connectivity index (χ0v) is 16.5. The number of guanidine groups is 1. The lowest BCUT2D eigenvalue weighted by atomic mass is 9.83. The Morgan fingerprint density at radius 3 is 2.75 bits per heavy atom. The molecule has 0 bridgehead atoms. The van der Waals surface area contributed by atoms with Crippen LogP contribution in [0.4, 0.5) is 0 Å². The lowest BCUT2D eigenvalue weighted by molar-refractivity contribution is 0.105. The number of rotatable bonds is 9. The lowest BCUT2D eigenvalue weighted by Gasteiger charge is -2.30. The summed E-state index contributed by atoms with van der Waals surface area (Å²) in [5.41, 5.74) is 0.360. The number of aliphatic imine (C=N–C) groups is 1. The van der Waals surface area contributed by atoms with E-state index in [-0.39, 0.29) is 0 Å². The predicted molar refractivity (Wildman–Crippen MR) is 101 cm³/mol. The summed E-state index contributed by atoms with van der Waals surface area (Å²) in [5, 5.41) is 6.88. The number of nitrogens with zero attached hydrogens (tertiary/aromatic N) is 1. The molecule has 0 radical (unpaired) electrons. The van der Waals surface area contributed by atoms with Crippen molar-refractivity contribution in [3.05, 3.63) is 22.6 Å². The van der Waals surface area contributed by atoms with E-state index in [2.05, 4.69) is 38.5 Å². The van der Waals surface area contributed by atoms with Crippen molar-refractivity contribution >= 4 is 21.9 Å². The standard InChI is InChI=1S/C18H30BrN3O2/c1-3-23-13-11-18(9-4-5-10-18)14-22-17(20-2)21-12-8-15-6-7-16(19)24-15/h6-7H,3-5,8-14H2,1-2H3,(H2,20,21,22). The number of halogens is 1. The Morgan fingerprint density at radius 1 is 1.33 bits per heavy atom. The smallest absolute Gasteiger partial charge is 0.191 e. The van der Waals surface area contributed by atoms with Gasteiger partial charge in [0.2, 0.25) is 0 Å². The Kier molecular flexibility index (Phi) is 8.12. The third-order valence-electron chi connectivity index (χ3n) is 4.79. The van der Waals surface area contributed by atoms with Gasteiger partial charge >= 0.3 is 0 Å². The van der Waals surface area contributed by atoms with E-state index in [0.29, 0.717) is 5.41 Å². The molecule has 0 aliphatic heterocycles. The van der Waals surface area contributed by atoms with Crippen LogP contribution in [0, 0.1) is 5.41 Å². The van der Waals surface area contributed by atoms with Crippen molar-refractivity contribution in [3.63, 3.8) is 0 Å². The molecule has 136 valence electrons. The first kappa shape index (κ1) is 19.3. The van der Waals surface area contributed by atoms with E-state index < -0.39 is 0 Å². The normalized spacial score (nSPS) is 17.2. The van der Waals surface area contributed by atoms with Crippen LogP contribution in [0.2, 0.25) is 0 Å². The van der Waals surface area contributed by atoms with Crippen molar-refractivity contribution in [2.24, 2.45) is 10.4 Å². The highest BCUT2D eigenvalue weighted by Gasteiger charge is 2.33. The van der Waals surface area contributed by atoms with Gasteiger partial charge in [0, 0.05) is 39.8 Å². The van der Waals surface area contributed by atoms with E-state index in [1.165, 1.54) is 25.7 Å². The third kappa shape index (κ3) is 6.13. The largest absolute Gasteiger partial charge is 0.454 e. The van der Waals surface area contributed by atoms with Crippen LogP contribution in [0.5, 0.6) is 0 Å². The first-order valence-electron chi connectivity index (χ1n) is 8.94. The van der Waals surface area contributed by atoms with Crippen molar-refractivity contribution in [2.45, 2.75) is 45.4 Å². The topological polar surface area (TPSA) is 58.8 Å². The fourth-order valence-electron chi connectivity index (χ4n) is 3.36. The van der Waals surface area contributed by atoms with Crippen LogP contribution in [-0.4, -0.2) is 39.3 Å². The molecular formula is C18H30BrN3O2. The molecule has 1 aromatic rings. The second-order valence-electron chi connectivity index (χ2n) is 6.46. The number of furan rings is 1. The van der Waals surface area contributed by atoms with Crippen molar-refractivity contribution < 1.29 is 9.15 Å². The predicted octanol–water partition coefficient (Wildman–Crippen LogP) is 3.74. The zero-order chi connectivity index (χ0) is 17.3. The number of ether oxygens (including phenoxy) is 1. The second-order valence-corrected chi connectivity index (χ2v) is 7.24. The molecule has 1 aliphatic rings. The summed E-state index contributed by atoms with van der Waals surface area (Å²) in [6.07, 6.45) is 7.18. The number of hydrogen-bond acceptors (Lipinski definition) is 3. The number of hydrogen-bond donors (Lipinski definition) is 2. The molecule has 0 atom stereocenters. The molecule has 0 amide bonds. The van der Waals surface area contributed by atoms with Crippen LogP contribution in [-0.2, 0) is 11.2 Å². The van der Waals surface area contributed by atoms with Crippen molar-refractivity contribution in [3.8, 4) is 0 Å². The Morgan fingerprint density at radius 2 is 2.12 bits per heavy atom. The highest BCUT2D eigenvalue weighted by Crippen LogP contribution is 2.40. The first-order valence-corrected chi connectivity index (χ1v) is 9.73. The molecule has 0 unspecified atom stereocenters. The second kappa shape index (κ2) is 10.1. The Labute approximate surface area is 153 Å². The maximum atomic E-state index is 5.58. The van der Waals surface area contributed by atoms with Crippen LogP contribution >= 0.6 is 15.9 Å². The molecule has 1 saturated carbocycles. The van der Waals surface area contributed by atoms with Crippen molar-refractivity contribution in [2.75, 3.05) is 33.4 Å². The molecule has 24 heavy (non-hydrogen) atoms. The summed E-state index contributed by atoms with van der Waals surface area (Å²) in [6.45, 7) is 5.48. The quantitative estimate of drug-likeness (QED) is 0.377. The fraction of sp³-hybridized carbons (Fsp3) is 0.722. The van der Waals surface area contributed by atoms with Crippen LogP contribution in [0.15, 0.2) is 26.2 Å². The summed E-state index contributed by atoms with van der Waals surface area (Å²) in [4.78, 5) is 4.34. The molecule has 5 nitrogen and oxygen atoms in total. The minimum atomic E-state index is 0.360.